The van der Waals surface area contributed by atoms with Gasteiger partial charge in [-0.25, -0.2) is 4.40 Å². The minimum Gasteiger partial charge on any atom is -0.228 e. The van der Waals surface area contributed by atoms with E-state index in [1.807, 2.05) is 12.3 Å². The van der Waals surface area contributed by atoms with Gasteiger partial charge < -0.3 is 0 Å². The van der Waals surface area contributed by atoms with Gasteiger partial charge in [0.15, 0.2) is 0 Å². The van der Waals surface area contributed by atoms with E-state index in [1.54, 1.807) is 11.9 Å². The molecule has 0 bridgehead atoms. The second-order valence-corrected chi connectivity index (χ2v) is 4.63. The molecule has 0 N–H and O–H groups in total. The number of hydrogen-bond acceptors (Lipinski definition) is 2. The molecule has 0 saturated carbocycles. The lowest BCUT2D eigenvalue weighted by Crippen LogP contribution is -2.04. The van der Waals surface area contributed by atoms with Crippen molar-refractivity contribution in [2.24, 2.45) is 4.40 Å². The van der Waals surface area contributed by atoms with Gasteiger partial charge in [-0.2, -0.15) is 0 Å². The summed E-state index contributed by atoms with van der Waals surface area (Å²) in [6.45, 7) is 10.0. The van der Waals surface area contributed by atoms with Crippen LogP contribution >= 0.6 is 11.9 Å². The number of hydrogen-bond donors (Lipinski definition) is 0. The zero-order chi connectivity index (χ0) is 8.04. The Morgan fingerprint density at radius 1 is 1.50 bits per heavy atom. The molecule has 0 aliphatic carbocycles. The van der Waals surface area contributed by atoms with Crippen LogP contribution in [0, 0.1) is 0 Å². The molecule has 0 spiro atoms. The van der Waals surface area contributed by atoms with Gasteiger partial charge in [0.05, 0.1) is 0 Å². The van der Waals surface area contributed by atoms with Crippen LogP contribution in [-0.4, -0.2) is 11.0 Å². The van der Waals surface area contributed by atoms with Gasteiger partial charge in [-0.3, -0.25) is 0 Å². The Balaban J connectivity index is 3.43. The molecule has 0 atom stereocenters. The third-order valence-electron chi connectivity index (χ3n) is 0.673. The molecule has 0 aliphatic rings. The Bertz CT molecular complexity index is 122. The first kappa shape index (κ1) is 9.76. The summed E-state index contributed by atoms with van der Waals surface area (Å²) < 4.78 is 4.39. The Labute approximate surface area is 67.8 Å². The fraction of sp³-hybridized carbons (Fsp3) is 0.625. The molecule has 2 heteroatoms. The summed E-state index contributed by atoms with van der Waals surface area (Å²) in [5, 5.41) is 0. The van der Waals surface area contributed by atoms with Gasteiger partial charge in [-0.05, 0) is 32.7 Å². The van der Waals surface area contributed by atoms with Crippen molar-refractivity contribution in [3.05, 3.63) is 12.7 Å². The maximum Gasteiger partial charge on any atom is 0.0294 e. The van der Waals surface area contributed by atoms with Gasteiger partial charge in [0, 0.05) is 17.4 Å². The lowest BCUT2D eigenvalue weighted by molar-refractivity contribution is 0.804. The number of nitrogens with zero attached hydrogens (tertiary/aromatic N) is 1. The highest BCUT2D eigenvalue weighted by molar-refractivity contribution is 7.99. The Kier molecular flexibility index (Phi) is 4.45. The van der Waals surface area contributed by atoms with Gasteiger partial charge in [-0.15, -0.1) is 6.58 Å². The molecule has 0 aromatic heterocycles. The van der Waals surface area contributed by atoms with Crippen molar-refractivity contribution < 1.29 is 0 Å². The van der Waals surface area contributed by atoms with E-state index in [0.717, 1.165) is 6.42 Å². The molecule has 0 aromatic rings. The largest absolute Gasteiger partial charge is 0.228 e. The Morgan fingerprint density at radius 2 is 2.10 bits per heavy atom. The molecule has 0 amide bonds. The minimum atomic E-state index is 0.234. The molecule has 0 heterocycles. The van der Waals surface area contributed by atoms with E-state index >= 15 is 0 Å². The van der Waals surface area contributed by atoms with Crippen molar-refractivity contribution in [2.45, 2.75) is 31.9 Å². The number of allylic oxidation sites excluding steroid dienone is 1. The first-order valence-corrected chi connectivity index (χ1v) is 4.14. The highest BCUT2D eigenvalue weighted by Gasteiger charge is 2.08. The van der Waals surface area contributed by atoms with E-state index in [0.29, 0.717) is 0 Å². The number of rotatable bonds is 3. The van der Waals surface area contributed by atoms with Crippen LogP contribution in [0.1, 0.15) is 27.2 Å². The third-order valence-corrected chi connectivity index (χ3v) is 1.48. The predicted octanol–water partition coefficient (Wildman–Crippen LogP) is 3.08. The summed E-state index contributed by atoms with van der Waals surface area (Å²) in [6.07, 6.45) is 4.58. The van der Waals surface area contributed by atoms with Crippen molar-refractivity contribution in [1.82, 2.24) is 0 Å². The summed E-state index contributed by atoms with van der Waals surface area (Å²) in [5.74, 6) is 0. The van der Waals surface area contributed by atoms with Gasteiger partial charge in [0.1, 0.15) is 0 Å². The fourth-order valence-corrected chi connectivity index (χ4v) is 0.790. The monoisotopic (exact) mass is 157 g/mol. The third kappa shape index (κ3) is 7.76. The zero-order valence-electron chi connectivity index (χ0n) is 6.92. The van der Waals surface area contributed by atoms with Crippen molar-refractivity contribution in [1.29, 1.82) is 0 Å². The van der Waals surface area contributed by atoms with Gasteiger partial charge >= 0.3 is 0 Å². The maximum absolute atomic E-state index is 4.15. The second kappa shape index (κ2) is 4.56. The van der Waals surface area contributed by atoms with Crippen molar-refractivity contribution in [2.75, 3.05) is 0 Å². The van der Waals surface area contributed by atoms with Crippen LogP contribution in [0.25, 0.3) is 0 Å². The average Bonchev–Trinajstić information content (AvgIpc) is 1.78. The normalized spacial score (nSPS) is 12.3. The van der Waals surface area contributed by atoms with Crippen molar-refractivity contribution in [3.8, 4) is 0 Å². The predicted molar refractivity (Wildman–Crippen MR) is 50.7 cm³/mol. The standard InChI is InChI=1S/C8H15NS/c1-5-6-7-9-10-8(2,3)4/h5,7H,1,6H2,2-4H3/b9-7+. The van der Waals surface area contributed by atoms with Crippen LogP contribution in [0.2, 0.25) is 0 Å². The molecule has 1 nitrogen and oxygen atoms in total. The summed E-state index contributed by atoms with van der Waals surface area (Å²) in [7, 11) is 0. The average molecular weight is 157 g/mol. The van der Waals surface area contributed by atoms with Gasteiger partial charge in [0.25, 0.3) is 0 Å². The van der Waals surface area contributed by atoms with E-state index in [4.69, 9.17) is 0 Å². The van der Waals surface area contributed by atoms with E-state index in [1.165, 1.54) is 0 Å². The van der Waals surface area contributed by atoms with E-state index in [2.05, 4.69) is 31.7 Å². The smallest absolute Gasteiger partial charge is 0.0294 e. The van der Waals surface area contributed by atoms with Crippen LogP contribution in [-0.2, 0) is 0 Å². The van der Waals surface area contributed by atoms with Crippen LogP contribution in [0.15, 0.2) is 17.1 Å². The molecule has 0 saturated heterocycles. The molecule has 0 rings (SSSR count). The first-order chi connectivity index (χ1) is 4.56. The second-order valence-electron chi connectivity index (χ2n) is 3.02. The highest BCUT2D eigenvalue weighted by Crippen LogP contribution is 2.23. The van der Waals surface area contributed by atoms with E-state index < -0.39 is 0 Å². The molecule has 58 valence electrons. The van der Waals surface area contributed by atoms with Crippen LogP contribution in [0.5, 0.6) is 0 Å². The highest BCUT2D eigenvalue weighted by atomic mass is 32.2. The van der Waals surface area contributed by atoms with Crippen molar-refractivity contribution in [3.63, 3.8) is 0 Å². The molecule has 0 fully saturated rings. The molecule has 0 aromatic carbocycles. The molecule has 0 radical (unpaired) electrons. The Hall–Kier alpha value is -0.240. The SMILES string of the molecule is C=CC/C=N/SC(C)(C)C. The van der Waals surface area contributed by atoms with E-state index in [9.17, 15) is 0 Å². The first-order valence-electron chi connectivity index (χ1n) is 3.37. The van der Waals surface area contributed by atoms with Crippen LogP contribution in [0.4, 0.5) is 0 Å². The Morgan fingerprint density at radius 3 is 2.50 bits per heavy atom. The quantitative estimate of drug-likeness (QED) is 0.348. The van der Waals surface area contributed by atoms with Gasteiger partial charge in [0.2, 0.25) is 0 Å². The van der Waals surface area contributed by atoms with Crippen LogP contribution < -0.4 is 0 Å². The summed E-state index contributed by atoms with van der Waals surface area (Å²) >= 11 is 1.60. The summed E-state index contributed by atoms with van der Waals surface area (Å²) in [4.78, 5) is 0. The lowest BCUT2D eigenvalue weighted by Gasteiger charge is -2.11. The van der Waals surface area contributed by atoms with E-state index in [-0.39, 0.29) is 4.75 Å². The lowest BCUT2D eigenvalue weighted by atomic mass is 10.3. The topological polar surface area (TPSA) is 12.4 Å². The van der Waals surface area contributed by atoms with Crippen LogP contribution in [0.3, 0.4) is 0 Å². The van der Waals surface area contributed by atoms with Gasteiger partial charge in [-0.1, -0.05) is 6.08 Å². The summed E-state index contributed by atoms with van der Waals surface area (Å²) in [6, 6.07) is 0. The maximum atomic E-state index is 4.15. The zero-order valence-corrected chi connectivity index (χ0v) is 7.74. The minimum absolute atomic E-state index is 0.234. The van der Waals surface area contributed by atoms with Crippen molar-refractivity contribution >= 4 is 18.2 Å². The molecule has 0 unspecified atom stereocenters. The molecular weight excluding hydrogens is 142 g/mol. The fourth-order valence-electron chi connectivity index (χ4n) is 0.313. The molecule has 10 heavy (non-hydrogen) atoms. The summed E-state index contributed by atoms with van der Waals surface area (Å²) in [5.41, 5.74) is 0. The molecule has 0 aliphatic heterocycles. The molecular formula is C8H15NS.